The van der Waals surface area contributed by atoms with Crippen LogP contribution in [0.1, 0.15) is 13.3 Å². The maximum atomic E-state index is 9.12. The Morgan fingerprint density at radius 1 is 1.40 bits per heavy atom. The third-order valence-corrected chi connectivity index (χ3v) is 2.07. The number of halogens is 1. The standard InChI is InChI=1S/C6H11ClO3/c1-3-4(8)2-5(9)6(7)10-3/h3-6,8-9H,2H2,1H3/t3-,4+,5-,6?/m1/s1. The van der Waals surface area contributed by atoms with Gasteiger partial charge in [0.05, 0.1) is 18.3 Å². The van der Waals surface area contributed by atoms with Gasteiger partial charge in [-0.3, -0.25) is 0 Å². The zero-order valence-electron chi connectivity index (χ0n) is 5.70. The second-order valence-electron chi connectivity index (χ2n) is 2.56. The zero-order chi connectivity index (χ0) is 7.72. The van der Waals surface area contributed by atoms with Crippen molar-refractivity contribution >= 4 is 11.6 Å². The molecule has 0 aromatic carbocycles. The fourth-order valence-electron chi connectivity index (χ4n) is 0.932. The molecule has 0 saturated carbocycles. The molecule has 60 valence electrons. The molecule has 1 aliphatic heterocycles. The molecule has 0 bridgehead atoms. The highest BCUT2D eigenvalue weighted by atomic mass is 35.5. The van der Waals surface area contributed by atoms with Crippen LogP contribution in [0.4, 0.5) is 0 Å². The van der Waals surface area contributed by atoms with Crippen LogP contribution in [0, 0.1) is 0 Å². The van der Waals surface area contributed by atoms with Gasteiger partial charge in [-0.15, -0.1) is 0 Å². The fraction of sp³-hybridized carbons (Fsp3) is 1.00. The van der Waals surface area contributed by atoms with Gasteiger partial charge in [0.25, 0.3) is 0 Å². The highest BCUT2D eigenvalue weighted by Crippen LogP contribution is 2.21. The average molecular weight is 167 g/mol. The molecule has 1 heterocycles. The minimum absolute atomic E-state index is 0.272. The quantitative estimate of drug-likeness (QED) is 0.502. The highest BCUT2D eigenvalue weighted by molar-refractivity contribution is 6.20. The van der Waals surface area contributed by atoms with Gasteiger partial charge in [0.15, 0.2) is 5.56 Å². The lowest BCUT2D eigenvalue weighted by Gasteiger charge is -2.32. The van der Waals surface area contributed by atoms with E-state index in [1.54, 1.807) is 6.92 Å². The third kappa shape index (κ3) is 1.61. The van der Waals surface area contributed by atoms with Crippen molar-refractivity contribution in [2.24, 2.45) is 0 Å². The molecule has 4 atom stereocenters. The molecule has 1 unspecified atom stereocenters. The summed E-state index contributed by atoms with van der Waals surface area (Å²) in [7, 11) is 0. The number of hydrogen-bond acceptors (Lipinski definition) is 3. The van der Waals surface area contributed by atoms with Crippen molar-refractivity contribution in [3.8, 4) is 0 Å². The molecule has 0 spiro atoms. The summed E-state index contributed by atoms with van der Waals surface area (Å²) in [5.41, 5.74) is -0.668. The van der Waals surface area contributed by atoms with Crippen LogP contribution < -0.4 is 0 Å². The van der Waals surface area contributed by atoms with Gasteiger partial charge in [-0.25, -0.2) is 0 Å². The van der Waals surface area contributed by atoms with Crippen molar-refractivity contribution in [3.05, 3.63) is 0 Å². The van der Waals surface area contributed by atoms with Gasteiger partial charge in [-0.1, -0.05) is 11.6 Å². The average Bonchev–Trinajstić information content (AvgIpc) is 1.84. The summed E-state index contributed by atoms with van der Waals surface area (Å²) < 4.78 is 4.98. The first-order chi connectivity index (χ1) is 4.61. The molecule has 1 aliphatic rings. The first-order valence-corrected chi connectivity index (χ1v) is 3.70. The lowest BCUT2D eigenvalue weighted by atomic mass is 10.1. The molecule has 0 aromatic rings. The minimum Gasteiger partial charge on any atom is -0.390 e. The van der Waals surface area contributed by atoms with Gasteiger partial charge in [0.1, 0.15) is 0 Å². The second kappa shape index (κ2) is 3.05. The smallest absolute Gasteiger partial charge is 0.157 e. The van der Waals surface area contributed by atoms with Gasteiger partial charge >= 0.3 is 0 Å². The second-order valence-corrected chi connectivity index (χ2v) is 2.99. The van der Waals surface area contributed by atoms with Gasteiger partial charge in [-0.05, 0) is 6.92 Å². The predicted molar refractivity (Wildman–Crippen MR) is 36.8 cm³/mol. The molecule has 10 heavy (non-hydrogen) atoms. The van der Waals surface area contributed by atoms with Crippen LogP contribution in [0.15, 0.2) is 0 Å². The van der Waals surface area contributed by atoms with Gasteiger partial charge < -0.3 is 14.9 Å². The van der Waals surface area contributed by atoms with E-state index in [4.69, 9.17) is 26.6 Å². The Labute approximate surface area is 64.6 Å². The molecule has 1 saturated heterocycles. The molecule has 4 heteroatoms. The largest absolute Gasteiger partial charge is 0.390 e. The van der Waals surface area contributed by atoms with E-state index in [-0.39, 0.29) is 6.10 Å². The zero-order valence-corrected chi connectivity index (χ0v) is 6.45. The van der Waals surface area contributed by atoms with Gasteiger partial charge in [0.2, 0.25) is 0 Å². The van der Waals surface area contributed by atoms with Crippen molar-refractivity contribution in [2.45, 2.75) is 37.2 Å². The Kier molecular flexibility index (Phi) is 2.52. The fourth-order valence-corrected chi connectivity index (χ4v) is 1.20. The minimum atomic E-state index is -0.743. The van der Waals surface area contributed by atoms with E-state index in [9.17, 15) is 0 Å². The number of aliphatic hydroxyl groups is 2. The molecule has 3 nitrogen and oxygen atoms in total. The lowest BCUT2D eigenvalue weighted by Crippen LogP contribution is -2.43. The summed E-state index contributed by atoms with van der Waals surface area (Å²) in [4.78, 5) is 0. The SMILES string of the molecule is C[C@H]1OC(Cl)[C@H](O)C[C@@H]1O. The normalized spacial score (nSPS) is 49.2. The van der Waals surface area contributed by atoms with E-state index in [2.05, 4.69) is 0 Å². The lowest BCUT2D eigenvalue weighted by molar-refractivity contribution is -0.132. The summed E-state index contributed by atoms with van der Waals surface area (Å²) in [6.07, 6.45) is -1.31. The van der Waals surface area contributed by atoms with E-state index in [1.165, 1.54) is 0 Å². The van der Waals surface area contributed by atoms with Crippen LogP contribution in [0.25, 0.3) is 0 Å². The van der Waals surface area contributed by atoms with Crippen LogP contribution in [0.3, 0.4) is 0 Å². The molecule has 0 aliphatic carbocycles. The Hall–Kier alpha value is 0.170. The highest BCUT2D eigenvalue weighted by Gasteiger charge is 2.32. The van der Waals surface area contributed by atoms with Crippen molar-refractivity contribution in [3.63, 3.8) is 0 Å². The van der Waals surface area contributed by atoms with Crippen molar-refractivity contribution < 1.29 is 14.9 Å². The molecule has 0 amide bonds. The van der Waals surface area contributed by atoms with Crippen LogP contribution in [0.5, 0.6) is 0 Å². The number of hydrogen-bond donors (Lipinski definition) is 2. The Morgan fingerprint density at radius 2 is 2.00 bits per heavy atom. The summed E-state index contributed by atoms with van der Waals surface area (Å²) in [5.74, 6) is 0. The van der Waals surface area contributed by atoms with Crippen LogP contribution in [-0.4, -0.2) is 34.1 Å². The summed E-state index contributed by atoms with van der Waals surface area (Å²) in [5, 5.41) is 18.2. The van der Waals surface area contributed by atoms with E-state index in [1.807, 2.05) is 0 Å². The van der Waals surface area contributed by atoms with Gasteiger partial charge in [0, 0.05) is 6.42 Å². The van der Waals surface area contributed by atoms with Crippen LogP contribution >= 0.6 is 11.6 Å². The van der Waals surface area contributed by atoms with E-state index < -0.39 is 17.8 Å². The maximum absolute atomic E-state index is 9.12. The maximum Gasteiger partial charge on any atom is 0.157 e. The van der Waals surface area contributed by atoms with Crippen molar-refractivity contribution in [1.29, 1.82) is 0 Å². The van der Waals surface area contributed by atoms with E-state index in [0.29, 0.717) is 6.42 Å². The number of alkyl halides is 1. The Bertz CT molecular complexity index is 93.6. The van der Waals surface area contributed by atoms with Crippen LogP contribution in [-0.2, 0) is 4.74 Å². The summed E-state index contributed by atoms with van der Waals surface area (Å²) >= 11 is 5.54. The van der Waals surface area contributed by atoms with Crippen molar-refractivity contribution in [2.75, 3.05) is 0 Å². The van der Waals surface area contributed by atoms with Gasteiger partial charge in [-0.2, -0.15) is 0 Å². The van der Waals surface area contributed by atoms with Crippen LogP contribution in [0.2, 0.25) is 0 Å². The molecule has 2 N–H and O–H groups in total. The number of aliphatic hydroxyl groups excluding tert-OH is 2. The summed E-state index contributed by atoms with van der Waals surface area (Å²) in [6, 6.07) is 0. The predicted octanol–water partition coefficient (Wildman–Crippen LogP) is 0.0819. The first kappa shape index (κ1) is 8.27. The topological polar surface area (TPSA) is 49.7 Å². The number of ether oxygens (including phenoxy) is 1. The van der Waals surface area contributed by atoms with Crippen molar-refractivity contribution in [1.82, 2.24) is 0 Å². The third-order valence-electron chi connectivity index (χ3n) is 1.67. The molecular formula is C6H11ClO3. The monoisotopic (exact) mass is 166 g/mol. The Morgan fingerprint density at radius 3 is 2.50 bits per heavy atom. The van der Waals surface area contributed by atoms with E-state index in [0.717, 1.165) is 0 Å². The molecule has 1 rings (SSSR count). The number of rotatable bonds is 0. The summed E-state index contributed by atoms with van der Waals surface area (Å²) in [6.45, 7) is 1.73. The van der Waals surface area contributed by atoms with E-state index >= 15 is 0 Å². The molecule has 0 radical (unpaired) electrons. The molecule has 0 aromatic heterocycles. The first-order valence-electron chi connectivity index (χ1n) is 3.27. The molecular weight excluding hydrogens is 156 g/mol. The Balaban J connectivity index is 2.46. The molecule has 1 fully saturated rings.